The minimum absolute atomic E-state index is 0.126. The summed E-state index contributed by atoms with van der Waals surface area (Å²) in [6.07, 6.45) is -1.10. The molecule has 1 saturated heterocycles. The van der Waals surface area contributed by atoms with Crippen molar-refractivity contribution in [3.8, 4) is 0 Å². The van der Waals surface area contributed by atoms with Gasteiger partial charge in [0, 0.05) is 18.9 Å². The molecule has 9 nitrogen and oxygen atoms in total. The molecule has 0 radical (unpaired) electrons. The lowest BCUT2D eigenvalue weighted by Gasteiger charge is -2.23. The molecule has 0 aliphatic carbocycles. The quantitative estimate of drug-likeness (QED) is 0.671. The molecule has 2 aromatic rings. The number of amides is 1. The molecule has 9 heteroatoms. The highest BCUT2D eigenvalue weighted by molar-refractivity contribution is 6.03. The summed E-state index contributed by atoms with van der Waals surface area (Å²) in [6.45, 7) is 3.96. The van der Waals surface area contributed by atoms with E-state index < -0.39 is 30.2 Å². The Balaban J connectivity index is 1.78. The zero-order chi connectivity index (χ0) is 21.7. The van der Waals surface area contributed by atoms with Gasteiger partial charge in [0.25, 0.3) is 5.91 Å². The molecule has 0 spiro atoms. The number of nitrogens with zero attached hydrogens (tertiary/aromatic N) is 2. The van der Waals surface area contributed by atoms with E-state index in [0.29, 0.717) is 12.0 Å². The fraction of sp³-hybridized carbons (Fsp3) is 0.476. The van der Waals surface area contributed by atoms with Crippen molar-refractivity contribution in [1.82, 2.24) is 9.55 Å². The van der Waals surface area contributed by atoms with Crippen LogP contribution in [0.4, 0.5) is 5.82 Å². The van der Waals surface area contributed by atoms with E-state index in [4.69, 9.17) is 14.2 Å². The molecule has 2 heterocycles. The predicted octanol–water partition coefficient (Wildman–Crippen LogP) is 1.58. The molecule has 1 amide bonds. The zero-order valence-corrected chi connectivity index (χ0v) is 17.2. The average Bonchev–Trinajstić information content (AvgIpc) is 3.07. The monoisotopic (exact) mass is 417 g/mol. The Bertz CT molecular complexity index is 903. The van der Waals surface area contributed by atoms with Crippen LogP contribution in [0.2, 0.25) is 0 Å². The van der Waals surface area contributed by atoms with E-state index in [1.807, 2.05) is 19.9 Å². The topological polar surface area (TPSA) is 112 Å². The standard InChI is InChI=1S/C21H27N3O6/c1-4-15-17(25)18(29-12-13(2)28-3)20(30-15)24-11-10-16(23-21(24)27)22-19(26)14-8-6-5-7-9-14/h5-11,13,15,17-18,20,25H,4,12H2,1-3H3,(H,22,23,26,27)/t13?,15-,17+,18?,20-/m1/s1. The summed E-state index contributed by atoms with van der Waals surface area (Å²) in [6, 6.07) is 10.1. The Hall–Kier alpha value is -2.59. The van der Waals surface area contributed by atoms with Crippen molar-refractivity contribution in [2.75, 3.05) is 19.0 Å². The van der Waals surface area contributed by atoms with Crippen LogP contribution in [-0.4, -0.2) is 58.7 Å². The number of carbonyl (C=O) groups excluding carboxylic acids is 1. The second-order valence-electron chi connectivity index (χ2n) is 7.13. The van der Waals surface area contributed by atoms with Crippen LogP contribution in [-0.2, 0) is 14.2 Å². The van der Waals surface area contributed by atoms with Gasteiger partial charge in [-0.15, -0.1) is 0 Å². The number of carbonyl (C=O) groups is 1. The second kappa shape index (κ2) is 9.94. The maximum absolute atomic E-state index is 12.6. The average molecular weight is 417 g/mol. The first-order valence-corrected chi connectivity index (χ1v) is 9.88. The van der Waals surface area contributed by atoms with E-state index in [1.165, 1.54) is 16.8 Å². The van der Waals surface area contributed by atoms with Gasteiger partial charge >= 0.3 is 5.69 Å². The van der Waals surface area contributed by atoms with Crippen LogP contribution in [0.25, 0.3) is 0 Å². The number of hydrogen-bond donors (Lipinski definition) is 2. The van der Waals surface area contributed by atoms with Gasteiger partial charge in [0.05, 0.1) is 18.8 Å². The summed E-state index contributed by atoms with van der Waals surface area (Å²) in [7, 11) is 1.57. The fourth-order valence-electron chi connectivity index (χ4n) is 3.23. The minimum Gasteiger partial charge on any atom is -0.388 e. The Morgan fingerprint density at radius 3 is 2.70 bits per heavy atom. The van der Waals surface area contributed by atoms with Gasteiger partial charge in [-0.2, -0.15) is 4.98 Å². The van der Waals surface area contributed by atoms with Crippen molar-refractivity contribution in [3.05, 3.63) is 58.6 Å². The van der Waals surface area contributed by atoms with E-state index >= 15 is 0 Å². The second-order valence-corrected chi connectivity index (χ2v) is 7.13. The summed E-state index contributed by atoms with van der Waals surface area (Å²) < 4.78 is 18.1. The van der Waals surface area contributed by atoms with Gasteiger partial charge in [0.15, 0.2) is 6.23 Å². The predicted molar refractivity (Wildman–Crippen MR) is 109 cm³/mol. The molecule has 1 aliphatic heterocycles. The summed E-state index contributed by atoms with van der Waals surface area (Å²) in [5.74, 6) is -0.241. The number of aliphatic hydroxyl groups is 1. The number of ether oxygens (including phenoxy) is 3. The van der Waals surface area contributed by atoms with Crippen LogP contribution in [0, 0.1) is 0 Å². The van der Waals surface area contributed by atoms with Gasteiger partial charge in [-0.25, -0.2) is 4.79 Å². The Morgan fingerprint density at radius 1 is 1.33 bits per heavy atom. The maximum Gasteiger partial charge on any atom is 0.351 e. The highest BCUT2D eigenvalue weighted by Gasteiger charge is 2.45. The molecule has 2 unspecified atom stereocenters. The van der Waals surface area contributed by atoms with E-state index in [2.05, 4.69) is 10.3 Å². The van der Waals surface area contributed by atoms with E-state index in [1.54, 1.807) is 31.4 Å². The Morgan fingerprint density at radius 2 is 2.07 bits per heavy atom. The lowest BCUT2D eigenvalue weighted by molar-refractivity contribution is -0.0931. The SMILES string of the molecule is CC[C@H]1O[C@@H](n2ccc(NC(=O)c3ccccc3)nc2=O)C(OCC(C)OC)[C@H]1O. The highest BCUT2D eigenvalue weighted by Crippen LogP contribution is 2.32. The number of aromatic nitrogens is 2. The fourth-order valence-corrected chi connectivity index (χ4v) is 3.23. The van der Waals surface area contributed by atoms with Crippen molar-refractivity contribution >= 4 is 11.7 Å². The number of rotatable bonds is 8. The van der Waals surface area contributed by atoms with Crippen molar-refractivity contribution < 1.29 is 24.1 Å². The number of anilines is 1. The summed E-state index contributed by atoms with van der Waals surface area (Å²) in [5, 5.41) is 13.2. The van der Waals surface area contributed by atoms with E-state index in [9.17, 15) is 14.7 Å². The zero-order valence-electron chi connectivity index (χ0n) is 17.2. The first-order valence-electron chi connectivity index (χ1n) is 9.88. The van der Waals surface area contributed by atoms with Crippen molar-refractivity contribution in [1.29, 1.82) is 0 Å². The molecular weight excluding hydrogens is 390 g/mol. The smallest absolute Gasteiger partial charge is 0.351 e. The molecule has 3 rings (SSSR count). The molecule has 5 atom stereocenters. The molecule has 162 valence electrons. The Labute approximate surface area is 174 Å². The van der Waals surface area contributed by atoms with Crippen LogP contribution in [0.15, 0.2) is 47.4 Å². The van der Waals surface area contributed by atoms with Crippen molar-refractivity contribution in [3.63, 3.8) is 0 Å². The number of nitrogens with one attached hydrogen (secondary N) is 1. The molecule has 0 bridgehead atoms. The lowest BCUT2D eigenvalue weighted by Crippen LogP contribution is -2.39. The lowest BCUT2D eigenvalue weighted by atomic mass is 10.1. The molecule has 30 heavy (non-hydrogen) atoms. The molecular formula is C21H27N3O6. The molecule has 0 saturated carbocycles. The number of methoxy groups -OCH3 is 1. The largest absolute Gasteiger partial charge is 0.388 e. The minimum atomic E-state index is -0.895. The summed E-state index contributed by atoms with van der Waals surface area (Å²) in [4.78, 5) is 28.9. The summed E-state index contributed by atoms with van der Waals surface area (Å²) >= 11 is 0. The third kappa shape index (κ3) is 4.93. The van der Waals surface area contributed by atoms with Crippen molar-refractivity contribution in [2.24, 2.45) is 0 Å². The number of benzene rings is 1. The van der Waals surface area contributed by atoms with E-state index in [-0.39, 0.29) is 24.4 Å². The van der Waals surface area contributed by atoms with Crippen molar-refractivity contribution in [2.45, 2.75) is 50.9 Å². The molecule has 2 N–H and O–H groups in total. The number of aliphatic hydroxyl groups excluding tert-OH is 1. The summed E-state index contributed by atoms with van der Waals surface area (Å²) in [5.41, 5.74) is -0.166. The first-order chi connectivity index (χ1) is 14.4. The molecule has 1 aromatic heterocycles. The molecule has 1 aromatic carbocycles. The van der Waals surface area contributed by atoms with Gasteiger partial charge in [-0.1, -0.05) is 25.1 Å². The highest BCUT2D eigenvalue weighted by atomic mass is 16.6. The van der Waals surface area contributed by atoms with Gasteiger partial charge < -0.3 is 24.6 Å². The van der Waals surface area contributed by atoms with Crippen LogP contribution < -0.4 is 11.0 Å². The van der Waals surface area contributed by atoms with Crippen LogP contribution in [0.1, 0.15) is 36.9 Å². The third-order valence-corrected chi connectivity index (χ3v) is 5.02. The molecule has 1 aliphatic rings. The van der Waals surface area contributed by atoms with Crippen LogP contribution in [0.3, 0.4) is 0 Å². The normalized spacial score (nSPS) is 24.5. The van der Waals surface area contributed by atoms with Crippen LogP contribution in [0.5, 0.6) is 0 Å². The Kier molecular flexibility index (Phi) is 7.33. The van der Waals surface area contributed by atoms with Gasteiger partial charge in [-0.3, -0.25) is 9.36 Å². The van der Waals surface area contributed by atoms with Gasteiger partial charge in [0.2, 0.25) is 0 Å². The van der Waals surface area contributed by atoms with E-state index in [0.717, 1.165) is 0 Å². The first kappa shape index (κ1) is 22.1. The van der Waals surface area contributed by atoms with Gasteiger partial charge in [0.1, 0.15) is 18.0 Å². The number of hydrogen-bond acceptors (Lipinski definition) is 7. The third-order valence-electron chi connectivity index (χ3n) is 5.02. The van der Waals surface area contributed by atoms with Crippen LogP contribution >= 0.6 is 0 Å². The van der Waals surface area contributed by atoms with Gasteiger partial charge in [-0.05, 0) is 31.5 Å². The molecule has 1 fully saturated rings. The maximum atomic E-state index is 12.6.